The van der Waals surface area contributed by atoms with E-state index in [1.54, 1.807) is 23.7 Å². The van der Waals surface area contributed by atoms with Crippen molar-refractivity contribution in [1.29, 1.82) is 0 Å². The van der Waals surface area contributed by atoms with Gasteiger partial charge in [0, 0.05) is 35.9 Å². The zero-order valence-electron chi connectivity index (χ0n) is 12.1. The van der Waals surface area contributed by atoms with E-state index in [4.69, 9.17) is 4.52 Å². The molecule has 0 atom stereocenters. The fourth-order valence-electron chi connectivity index (χ4n) is 2.11. The summed E-state index contributed by atoms with van der Waals surface area (Å²) in [7, 11) is 0. The van der Waals surface area contributed by atoms with Crippen molar-refractivity contribution in [2.75, 3.05) is 6.54 Å². The second-order valence-electron chi connectivity index (χ2n) is 4.79. The van der Waals surface area contributed by atoms with Gasteiger partial charge >= 0.3 is 0 Å². The molecular weight excluding hydrogens is 296 g/mol. The topological polar surface area (TPSA) is 55.1 Å². The zero-order valence-corrected chi connectivity index (χ0v) is 12.9. The number of hydrogen-bond acceptors (Lipinski definition) is 6. The first-order valence-corrected chi connectivity index (χ1v) is 7.82. The van der Waals surface area contributed by atoms with Crippen molar-refractivity contribution in [3.8, 4) is 11.4 Å². The monoisotopic (exact) mass is 312 g/mol. The van der Waals surface area contributed by atoms with Gasteiger partial charge in [-0.3, -0.25) is 9.88 Å². The van der Waals surface area contributed by atoms with E-state index < -0.39 is 0 Å². The molecule has 0 N–H and O–H groups in total. The highest BCUT2D eigenvalue weighted by molar-refractivity contribution is 7.09. The van der Waals surface area contributed by atoms with Crippen LogP contribution in [-0.4, -0.2) is 26.6 Å². The molecule has 0 aromatic carbocycles. The highest BCUT2D eigenvalue weighted by Crippen LogP contribution is 2.17. The van der Waals surface area contributed by atoms with Crippen LogP contribution in [0.25, 0.3) is 11.4 Å². The molecule has 3 aromatic rings. The maximum Gasteiger partial charge on any atom is 0.241 e. The fourth-order valence-corrected chi connectivity index (χ4v) is 2.86. The number of rotatable bonds is 7. The fraction of sp³-hybridized carbons (Fsp3) is 0.188. The number of hydrogen-bond donors (Lipinski definition) is 0. The normalized spacial score (nSPS) is 11.0. The Bertz CT molecular complexity index is 709. The third kappa shape index (κ3) is 3.66. The number of pyridine rings is 1. The van der Waals surface area contributed by atoms with E-state index in [2.05, 4.69) is 44.1 Å². The van der Waals surface area contributed by atoms with Crippen LogP contribution in [0.5, 0.6) is 0 Å². The van der Waals surface area contributed by atoms with Gasteiger partial charge in [0.1, 0.15) is 0 Å². The minimum atomic E-state index is 0.567. The van der Waals surface area contributed by atoms with Gasteiger partial charge in [-0.05, 0) is 23.6 Å². The van der Waals surface area contributed by atoms with Crippen molar-refractivity contribution in [2.24, 2.45) is 0 Å². The third-order valence-electron chi connectivity index (χ3n) is 3.09. The molecule has 3 heterocycles. The quantitative estimate of drug-likeness (QED) is 0.626. The molecule has 0 spiro atoms. The van der Waals surface area contributed by atoms with Crippen LogP contribution in [0.3, 0.4) is 0 Å². The molecular formula is C16H16N4OS. The molecule has 0 aliphatic heterocycles. The largest absolute Gasteiger partial charge is 0.338 e. The van der Waals surface area contributed by atoms with Gasteiger partial charge in [-0.2, -0.15) is 4.98 Å². The SMILES string of the molecule is C=CCN(Cc1nc(-c2cccnc2)no1)Cc1cccs1. The lowest BCUT2D eigenvalue weighted by molar-refractivity contribution is 0.241. The third-order valence-corrected chi connectivity index (χ3v) is 3.95. The summed E-state index contributed by atoms with van der Waals surface area (Å²) >= 11 is 1.74. The van der Waals surface area contributed by atoms with Gasteiger partial charge in [-0.25, -0.2) is 0 Å². The molecule has 22 heavy (non-hydrogen) atoms. The number of aromatic nitrogens is 3. The van der Waals surface area contributed by atoms with Crippen molar-refractivity contribution < 1.29 is 4.52 Å². The Morgan fingerprint density at radius 1 is 1.27 bits per heavy atom. The first kappa shape index (κ1) is 14.6. The molecule has 3 aromatic heterocycles. The van der Waals surface area contributed by atoms with Crippen LogP contribution >= 0.6 is 11.3 Å². The summed E-state index contributed by atoms with van der Waals surface area (Å²) < 4.78 is 5.35. The maximum atomic E-state index is 5.35. The van der Waals surface area contributed by atoms with E-state index in [-0.39, 0.29) is 0 Å². The minimum Gasteiger partial charge on any atom is -0.338 e. The number of thiophene rings is 1. The van der Waals surface area contributed by atoms with Gasteiger partial charge in [0.15, 0.2) is 0 Å². The van der Waals surface area contributed by atoms with Crippen molar-refractivity contribution in [3.05, 3.63) is 65.5 Å². The summed E-state index contributed by atoms with van der Waals surface area (Å²) in [5.74, 6) is 1.16. The highest BCUT2D eigenvalue weighted by Gasteiger charge is 2.13. The van der Waals surface area contributed by atoms with Crippen LogP contribution in [0.1, 0.15) is 10.8 Å². The standard InChI is InChI=1S/C16H16N4OS/c1-2-8-20(11-14-6-4-9-22-14)12-15-18-16(19-21-15)13-5-3-7-17-10-13/h2-7,9-10H,1,8,11-12H2. The van der Waals surface area contributed by atoms with Crippen LogP contribution in [0, 0.1) is 0 Å². The Morgan fingerprint density at radius 3 is 2.95 bits per heavy atom. The Morgan fingerprint density at radius 2 is 2.23 bits per heavy atom. The van der Waals surface area contributed by atoms with E-state index in [0.717, 1.165) is 18.7 Å². The molecule has 5 nitrogen and oxygen atoms in total. The average Bonchev–Trinajstić information content (AvgIpc) is 3.20. The number of nitrogens with zero attached hydrogens (tertiary/aromatic N) is 4. The molecule has 0 fully saturated rings. The van der Waals surface area contributed by atoms with Crippen molar-refractivity contribution in [1.82, 2.24) is 20.0 Å². The lowest BCUT2D eigenvalue weighted by Crippen LogP contribution is -2.22. The van der Waals surface area contributed by atoms with E-state index in [1.807, 2.05) is 18.2 Å². The van der Waals surface area contributed by atoms with Crippen LogP contribution < -0.4 is 0 Å². The second-order valence-corrected chi connectivity index (χ2v) is 5.82. The van der Waals surface area contributed by atoms with Crippen LogP contribution in [0.2, 0.25) is 0 Å². The van der Waals surface area contributed by atoms with Crippen LogP contribution in [0.15, 0.2) is 59.2 Å². The van der Waals surface area contributed by atoms with E-state index in [0.29, 0.717) is 18.3 Å². The molecule has 0 saturated heterocycles. The van der Waals surface area contributed by atoms with Gasteiger partial charge in [0.05, 0.1) is 6.54 Å². The van der Waals surface area contributed by atoms with E-state index >= 15 is 0 Å². The molecule has 3 rings (SSSR count). The van der Waals surface area contributed by atoms with Crippen LogP contribution in [0.4, 0.5) is 0 Å². The minimum absolute atomic E-state index is 0.567. The zero-order chi connectivity index (χ0) is 15.2. The smallest absolute Gasteiger partial charge is 0.241 e. The van der Waals surface area contributed by atoms with Crippen molar-refractivity contribution in [3.63, 3.8) is 0 Å². The van der Waals surface area contributed by atoms with E-state index in [9.17, 15) is 0 Å². The average molecular weight is 312 g/mol. The van der Waals surface area contributed by atoms with Crippen molar-refractivity contribution >= 4 is 11.3 Å². The van der Waals surface area contributed by atoms with Crippen LogP contribution in [-0.2, 0) is 13.1 Å². The van der Waals surface area contributed by atoms with E-state index in [1.165, 1.54) is 4.88 Å². The molecule has 0 bridgehead atoms. The summed E-state index contributed by atoms with van der Waals surface area (Å²) in [6.45, 7) is 6.01. The first-order valence-electron chi connectivity index (χ1n) is 6.94. The van der Waals surface area contributed by atoms with Gasteiger partial charge in [0.2, 0.25) is 11.7 Å². The lowest BCUT2D eigenvalue weighted by atomic mass is 10.3. The lowest BCUT2D eigenvalue weighted by Gasteiger charge is -2.17. The molecule has 0 unspecified atom stereocenters. The van der Waals surface area contributed by atoms with Gasteiger partial charge < -0.3 is 4.52 Å². The predicted molar refractivity (Wildman–Crippen MR) is 86.2 cm³/mol. The summed E-state index contributed by atoms with van der Waals surface area (Å²) in [5, 5.41) is 6.10. The molecule has 6 heteroatoms. The Balaban J connectivity index is 1.70. The Hall–Kier alpha value is -2.31. The molecule has 0 amide bonds. The summed E-state index contributed by atoms with van der Waals surface area (Å²) in [4.78, 5) is 12.0. The maximum absolute atomic E-state index is 5.35. The molecule has 0 saturated carbocycles. The predicted octanol–water partition coefficient (Wildman–Crippen LogP) is 3.38. The Labute approximate surface area is 132 Å². The van der Waals surface area contributed by atoms with Gasteiger partial charge in [-0.1, -0.05) is 17.3 Å². The van der Waals surface area contributed by atoms with Crippen molar-refractivity contribution in [2.45, 2.75) is 13.1 Å². The molecule has 112 valence electrons. The molecule has 0 aliphatic carbocycles. The molecule has 0 aliphatic rings. The summed E-state index contributed by atoms with van der Waals surface area (Å²) in [6.07, 6.45) is 5.32. The summed E-state index contributed by atoms with van der Waals surface area (Å²) in [6, 6.07) is 7.94. The Kier molecular flexibility index (Phi) is 4.72. The summed E-state index contributed by atoms with van der Waals surface area (Å²) in [5.41, 5.74) is 0.853. The highest BCUT2D eigenvalue weighted by atomic mass is 32.1. The van der Waals surface area contributed by atoms with Gasteiger partial charge in [-0.15, -0.1) is 17.9 Å². The molecule has 0 radical (unpaired) electrons. The second kappa shape index (κ2) is 7.11. The van der Waals surface area contributed by atoms with Gasteiger partial charge in [0.25, 0.3) is 0 Å². The first-order chi connectivity index (χ1) is 10.8.